The highest BCUT2D eigenvalue weighted by Gasteiger charge is 2.11. The summed E-state index contributed by atoms with van der Waals surface area (Å²) in [6.45, 7) is 5.25. The number of amides is 1. The number of rotatable bonds is 3. The molecule has 0 atom stereocenters. The van der Waals surface area contributed by atoms with Crippen molar-refractivity contribution in [1.82, 2.24) is 0 Å². The van der Waals surface area contributed by atoms with Gasteiger partial charge in [-0.25, -0.2) is 0 Å². The maximum absolute atomic E-state index is 11.7. The summed E-state index contributed by atoms with van der Waals surface area (Å²) < 4.78 is 0. The fraction of sp³-hybridized carbons (Fsp3) is 0.333. The van der Waals surface area contributed by atoms with Crippen LogP contribution in [0.3, 0.4) is 0 Å². The number of nitrogens with one attached hydrogen (secondary N) is 1. The Morgan fingerprint density at radius 1 is 1.25 bits per heavy atom. The highest BCUT2D eigenvalue weighted by Crippen LogP contribution is 2.21. The third-order valence-corrected chi connectivity index (χ3v) is 2.45. The van der Waals surface area contributed by atoms with Crippen LogP contribution in [-0.4, -0.2) is 19.5 Å². The Morgan fingerprint density at radius 2 is 1.75 bits per heavy atom. The molecule has 0 aromatic heterocycles. The lowest BCUT2D eigenvalue weighted by atomic mass is 9.90. The number of ketones is 1. The second-order valence-corrected chi connectivity index (χ2v) is 3.94. The van der Waals surface area contributed by atoms with Crippen molar-refractivity contribution in [3.63, 3.8) is 0 Å². The molecule has 84 valence electrons. The Hall–Kier alpha value is -1.58. The summed E-state index contributed by atoms with van der Waals surface area (Å²) >= 11 is 0. The van der Waals surface area contributed by atoms with Gasteiger partial charge in [-0.2, -0.15) is 0 Å². The van der Waals surface area contributed by atoms with E-state index in [0.717, 1.165) is 22.4 Å². The first-order valence-electron chi connectivity index (χ1n) is 5.37. The van der Waals surface area contributed by atoms with E-state index in [9.17, 15) is 9.59 Å². The van der Waals surface area contributed by atoms with Crippen LogP contribution >= 0.6 is 0 Å². The zero-order valence-corrected chi connectivity index (χ0v) is 10.2. The van der Waals surface area contributed by atoms with E-state index in [0.29, 0.717) is 6.32 Å². The number of aryl methyl sites for hydroxylation is 2. The van der Waals surface area contributed by atoms with Crippen LogP contribution in [0, 0.1) is 13.8 Å². The van der Waals surface area contributed by atoms with Crippen LogP contribution in [0.25, 0.3) is 0 Å². The van der Waals surface area contributed by atoms with Gasteiger partial charge in [-0.15, -0.1) is 0 Å². The summed E-state index contributed by atoms with van der Waals surface area (Å²) in [5.41, 5.74) is 3.35. The van der Waals surface area contributed by atoms with Gasteiger partial charge in [0.25, 0.3) is 0 Å². The molecular weight excluding hydrogens is 201 g/mol. The molecule has 0 saturated carbocycles. The molecule has 0 radical (unpaired) electrons. The van der Waals surface area contributed by atoms with E-state index in [4.69, 9.17) is 0 Å². The Morgan fingerprint density at radius 3 is 2.12 bits per heavy atom. The fourth-order valence-corrected chi connectivity index (χ4v) is 1.86. The van der Waals surface area contributed by atoms with Crippen LogP contribution in [-0.2, 0) is 4.79 Å². The van der Waals surface area contributed by atoms with Crippen LogP contribution in [0.15, 0.2) is 12.1 Å². The van der Waals surface area contributed by atoms with Crippen molar-refractivity contribution in [3.05, 3.63) is 28.8 Å². The van der Waals surface area contributed by atoms with Gasteiger partial charge in [-0.05, 0) is 43.4 Å². The van der Waals surface area contributed by atoms with Crippen molar-refractivity contribution in [1.29, 1.82) is 0 Å². The SMILES string of the molecule is BCC(=O)c1c(C)cc(NC(C)=O)cc1C. The number of anilines is 1. The second-order valence-electron chi connectivity index (χ2n) is 3.94. The van der Waals surface area contributed by atoms with Crippen LogP contribution < -0.4 is 5.32 Å². The summed E-state index contributed by atoms with van der Waals surface area (Å²) in [4.78, 5) is 22.6. The van der Waals surface area contributed by atoms with E-state index < -0.39 is 0 Å². The van der Waals surface area contributed by atoms with E-state index in [1.165, 1.54) is 6.92 Å². The molecule has 1 rings (SSSR count). The van der Waals surface area contributed by atoms with Crippen molar-refractivity contribution < 1.29 is 9.59 Å². The average molecular weight is 217 g/mol. The van der Waals surface area contributed by atoms with E-state index >= 15 is 0 Å². The smallest absolute Gasteiger partial charge is 0.221 e. The summed E-state index contributed by atoms with van der Waals surface area (Å²) in [5.74, 6) is 0.0396. The quantitative estimate of drug-likeness (QED) is 0.615. The Labute approximate surface area is 96.6 Å². The highest BCUT2D eigenvalue weighted by molar-refractivity contribution is 6.24. The lowest BCUT2D eigenvalue weighted by Crippen LogP contribution is -2.09. The third-order valence-electron chi connectivity index (χ3n) is 2.45. The molecule has 0 aliphatic carbocycles. The van der Waals surface area contributed by atoms with Gasteiger partial charge in [-0.1, -0.05) is 0 Å². The highest BCUT2D eigenvalue weighted by atomic mass is 16.1. The number of benzene rings is 1. The van der Waals surface area contributed by atoms with E-state index in [1.807, 2.05) is 33.8 Å². The van der Waals surface area contributed by atoms with Crippen LogP contribution in [0.2, 0.25) is 6.32 Å². The molecule has 0 bridgehead atoms. The van der Waals surface area contributed by atoms with Gasteiger partial charge in [0.1, 0.15) is 7.85 Å². The van der Waals surface area contributed by atoms with E-state index in [2.05, 4.69) is 5.32 Å². The molecule has 1 aromatic rings. The normalized spacial score (nSPS) is 9.94. The monoisotopic (exact) mass is 217 g/mol. The predicted octanol–water partition coefficient (Wildman–Crippen LogP) is 1.50. The zero-order valence-electron chi connectivity index (χ0n) is 10.2. The van der Waals surface area contributed by atoms with Crippen molar-refractivity contribution in [2.24, 2.45) is 0 Å². The largest absolute Gasteiger partial charge is 0.326 e. The van der Waals surface area contributed by atoms with Gasteiger partial charge in [0, 0.05) is 18.2 Å². The maximum Gasteiger partial charge on any atom is 0.221 e. The van der Waals surface area contributed by atoms with Gasteiger partial charge in [0.15, 0.2) is 5.78 Å². The summed E-state index contributed by atoms with van der Waals surface area (Å²) in [6, 6.07) is 3.66. The van der Waals surface area contributed by atoms with Crippen LogP contribution in [0.1, 0.15) is 28.4 Å². The number of carbonyl (C=O) groups excluding carboxylic acids is 2. The summed E-state index contributed by atoms with van der Waals surface area (Å²) in [5, 5.41) is 2.72. The first-order valence-corrected chi connectivity index (χ1v) is 5.37. The molecule has 1 amide bonds. The minimum absolute atomic E-state index is 0.103. The molecule has 0 heterocycles. The Balaban J connectivity index is 3.17. The van der Waals surface area contributed by atoms with Gasteiger partial charge >= 0.3 is 0 Å². The maximum atomic E-state index is 11.7. The summed E-state index contributed by atoms with van der Waals surface area (Å²) in [7, 11) is 1.85. The van der Waals surface area contributed by atoms with Crippen molar-refractivity contribution in [2.45, 2.75) is 27.1 Å². The number of hydrogen-bond acceptors (Lipinski definition) is 2. The van der Waals surface area contributed by atoms with Gasteiger partial charge in [-0.3, -0.25) is 9.59 Å². The van der Waals surface area contributed by atoms with Gasteiger partial charge in [0.05, 0.1) is 0 Å². The number of Topliss-reactive ketones (excluding diaryl/α,β-unsaturated/α-hetero) is 1. The predicted molar refractivity (Wildman–Crippen MR) is 67.9 cm³/mol. The molecule has 1 aromatic carbocycles. The van der Waals surface area contributed by atoms with Crippen molar-refractivity contribution in [3.8, 4) is 0 Å². The van der Waals surface area contributed by atoms with Gasteiger partial charge < -0.3 is 5.32 Å². The Bertz CT molecular complexity index is 418. The lowest BCUT2D eigenvalue weighted by Gasteiger charge is -2.11. The van der Waals surface area contributed by atoms with Crippen molar-refractivity contribution in [2.75, 3.05) is 5.32 Å². The molecule has 1 N–H and O–H groups in total. The second kappa shape index (κ2) is 4.97. The van der Waals surface area contributed by atoms with Crippen LogP contribution in [0.4, 0.5) is 5.69 Å². The molecule has 16 heavy (non-hydrogen) atoms. The summed E-state index contributed by atoms with van der Waals surface area (Å²) in [6.07, 6.45) is 0.501. The number of hydrogen-bond donors (Lipinski definition) is 1. The molecule has 0 unspecified atom stereocenters. The standard InChI is InChI=1S/C12H16BNO2/c1-7-4-10(14-9(3)15)5-8(2)12(7)11(16)6-13/h4-5H,6,13H2,1-3H3,(H,14,15). The third kappa shape index (κ3) is 2.72. The average Bonchev–Trinajstić information content (AvgIpc) is 2.15. The molecular formula is C12H16BNO2. The first-order chi connectivity index (χ1) is 7.45. The molecule has 0 aliphatic rings. The lowest BCUT2D eigenvalue weighted by molar-refractivity contribution is -0.114. The number of carbonyl (C=O) groups is 2. The Kier molecular flexibility index (Phi) is 3.88. The minimum atomic E-state index is -0.103. The molecule has 0 spiro atoms. The molecule has 0 fully saturated rings. The fourth-order valence-electron chi connectivity index (χ4n) is 1.86. The van der Waals surface area contributed by atoms with Gasteiger partial charge in [0.2, 0.25) is 5.91 Å². The molecule has 3 nitrogen and oxygen atoms in total. The molecule has 0 saturated heterocycles. The minimum Gasteiger partial charge on any atom is -0.326 e. The molecule has 4 heteroatoms. The topological polar surface area (TPSA) is 46.2 Å². The van der Waals surface area contributed by atoms with Crippen molar-refractivity contribution >= 4 is 25.2 Å². The zero-order chi connectivity index (χ0) is 12.3. The first kappa shape index (κ1) is 12.5. The molecule has 0 aliphatic heterocycles. The van der Waals surface area contributed by atoms with Crippen LogP contribution in [0.5, 0.6) is 0 Å². The van der Waals surface area contributed by atoms with E-state index in [1.54, 1.807) is 0 Å². The van der Waals surface area contributed by atoms with E-state index in [-0.39, 0.29) is 11.7 Å².